The molecular formula is C42H68N2O5. The molecule has 1 heterocycles. The van der Waals surface area contributed by atoms with E-state index in [4.69, 9.17) is 10.5 Å². The van der Waals surface area contributed by atoms with Gasteiger partial charge in [-0.25, -0.2) is 0 Å². The average Bonchev–Trinajstić information content (AvgIpc) is 3.50. The van der Waals surface area contributed by atoms with Crippen LogP contribution in [0, 0.1) is 70.5 Å². The summed E-state index contributed by atoms with van der Waals surface area (Å²) in [4.78, 5) is 28.2. The second-order valence-electron chi connectivity index (χ2n) is 17.7. The number of aliphatic hydroxyl groups is 2. The number of carbonyl (C=O) groups is 2. The fourth-order valence-corrected chi connectivity index (χ4v) is 12.3. The lowest BCUT2D eigenvalue weighted by Gasteiger charge is -2.44. The summed E-state index contributed by atoms with van der Waals surface area (Å²) in [5.41, 5.74) is 6.65. The molecule has 0 amide bonds. The summed E-state index contributed by atoms with van der Waals surface area (Å²) in [6.45, 7) is 3.26. The summed E-state index contributed by atoms with van der Waals surface area (Å²) in [6, 6.07) is 0. The highest BCUT2D eigenvalue weighted by molar-refractivity contribution is 6.06. The molecule has 4 saturated carbocycles. The summed E-state index contributed by atoms with van der Waals surface area (Å²) >= 11 is 0. The van der Waals surface area contributed by atoms with Crippen molar-refractivity contribution in [2.45, 2.75) is 166 Å². The largest absolute Gasteiger partial charge is 0.390 e. The molecule has 0 spiro atoms. The van der Waals surface area contributed by atoms with Gasteiger partial charge in [-0.2, -0.15) is 0 Å². The van der Waals surface area contributed by atoms with Gasteiger partial charge in [0.25, 0.3) is 0 Å². The van der Waals surface area contributed by atoms with Crippen molar-refractivity contribution in [3.63, 3.8) is 0 Å². The second kappa shape index (κ2) is 17.0. The molecule has 7 nitrogen and oxygen atoms in total. The van der Waals surface area contributed by atoms with E-state index >= 15 is 0 Å². The number of Topliss-reactive ketones (excluding diaryl/α,β-unsaturated/α-hetero) is 2. The van der Waals surface area contributed by atoms with Crippen molar-refractivity contribution in [2.24, 2.45) is 64.4 Å². The van der Waals surface area contributed by atoms with Gasteiger partial charge in [-0.15, -0.1) is 0 Å². The Balaban J connectivity index is 1.40. The number of fused-ring (bicyclic) bond motifs is 2. The van der Waals surface area contributed by atoms with E-state index < -0.39 is 18.1 Å². The summed E-state index contributed by atoms with van der Waals surface area (Å²) in [7, 11) is 1.67. The Kier molecular flexibility index (Phi) is 13.0. The first-order valence-electron chi connectivity index (χ1n) is 20.7. The Morgan fingerprint density at radius 1 is 0.878 bits per heavy atom. The van der Waals surface area contributed by atoms with Crippen LogP contribution >= 0.6 is 0 Å². The molecule has 0 aromatic carbocycles. The van der Waals surface area contributed by atoms with Crippen molar-refractivity contribution in [1.29, 1.82) is 0 Å². The fraction of sp³-hybridized carbons (Fsp3) is 0.905. The molecule has 276 valence electrons. The van der Waals surface area contributed by atoms with Gasteiger partial charge in [0, 0.05) is 31.3 Å². The normalized spacial score (nSPS) is 42.5. The first kappa shape index (κ1) is 37.5. The van der Waals surface area contributed by atoms with Crippen molar-refractivity contribution in [1.82, 2.24) is 5.32 Å². The van der Waals surface area contributed by atoms with Gasteiger partial charge in [-0.1, -0.05) is 57.3 Å². The van der Waals surface area contributed by atoms with E-state index in [-0.39, 0.29) is 59.3 Å². The van der Waals surface area contributed by atoms with Gasteiger partial charge in [0.2, 0.25) is 0 Å². The highest BCUT2D eigenvalue weighted by Crippen LogP contribution is 2.55. The third-order valence-corrected chi connectivity index (χ3v) is 14.8. The number of nitrogens with one attached hydrogen (secondary N) is 1. The van der Waals surface area contributed by atoms with E-state index in [1.54, 1.807) is 7.11 Å². The zero-order valence-corrected chi connectivity index (χ0v) is 30.8. The zero-order valence-electron chi connectivity index (χ0n) is 30.8. The van der Waals surface area contributed by atoms with Crippen LogP contribution in [0.2, 0.25) is 0 Å². The Hall–Kier alpha value is -1.30. The Labute approximate surface area is 297 Å². The maximum atomic E-state index is 14.5. The SMILES string of the molecule is CCCC1(C2C[C@H](CC3CCNC(N)C3)C[C@@H]3C#C[C@H](C4CCCCC4)C4CC(O)C(OC)CC4CCC(=O)[C@H](O)C(=O)[C@@H]3C2)CCCC1. The molecule has 0 aromatic heterocycles. The van der Waals surface area contributed by atoms with Crippen LogP contribution in [0.15, 0.2) is 0 Å². The predicted octanol–water partition coefficient (Wildman–Crippen LogP) is 6.57. The van der Waals surface area contributed by atoms with E-state index in [0.717, 1.165) is 64.3 Å². The Morgan fingerprint density at radius 2 is 1.65 bits per heavy atom. The highest BCUT2D eigenvalue weighted by Gasteiger charge is 2.49. The molecule has 5 aliphatic carbocycles. The number of rotatable bonds is 7. The smallest absolute Gasteiger partial charge is 0.173 e. The van der Waals surface area contributed by atoms with Gasteiger partial charge < -0.3 is 26.0 Å². The van der Waals surface area contributed by atoms with E-state index in [1.807, 2.05) is 0 Å². The minimum absolute atomic E-state index is 0.0472. The monoisotopic (exact) mass is 681 g/mol. The molecule has 6 aliphatic rings. The summed E-state index contributed by atoms with van der Waals surface area (Å²) < 4.78 is 5.73. The first-order valence-corrected chi connectivity index (χ1v) is 20.7. The molecule has 0 bridgehead atoms. The molecule has 0 radical (unpaired) electrons. The lowest BCUT2D eigenvalue weighted by atomic mass is 9.63. The molecular weight excluding hydrogens is 612 g/mol. The van der Waals surface area contributed by atoms with Gasteiger partial charge >= 0.3 is 0 Å². The standard InChI is InChI=1S/C42H68N2O5/c1-3-16-42(17-7-8-18-42)32-22-28(20-27-15-19-44-39(43)23-27)21-30-11-13-33(29-9-5-4-6-10-29)34-26-37(46)38(49-2)24-31(34)12-14-36(45)41(48)40(47)35(30)25-32/h27-35,37-39,41,44,46,48H,3-10,12,14-26,43H2,1-2H3/t27?,28-,30+,31?,32?,33-,34?,35-,37?,38?,39?,41+/m1/s1. The van der Waals surface area contributed by atoms with Crippen molar-refractivity contribution in [2.75, 3.05) is 13.7 Å². The molecule has 5 fully saturated rings. The number of nitrogens with two attached hydrogens (primary N) is 1. The maximum absolute atomic E-state index is 14.5. The van der Waals surface area contributed by atoms with Crippen molar-refractivity contribution in [3.8, 4) is 11.8 Å². The molecule has 0 aromatic rings. The van der Waals surface area contributed by atoms with Crippen LogP contribution in [0.4, 0.5) is 0 Å². The van der Waals surface area contributed by atoms with Crippen molar-refractivity contribution in [3.05, 3.63) is 0 Å². The number of ether oxygens (including phenoxy) is 1. The molecule has 1 aliphatic heterocycles. The van der Waals surface area contributed by atoms with E-state index in [1.165, 1.54) is 51.4 Å². The predicted molar refractivity (Wildman–Crippen MR) is 193 cm³/mol. The number of methoxy groups -OCH3 is 1. The first-order chi connectivity index (χ1) is 23.7. The topological polar surface area (TPSA) is 122 Å². The number of hydrogen-bond acceptors (Lipinski definition) is 7. The second-order valence-corrected chi connectivity index (χ2v) is 17.7. The minimum Gasteiger partial charge on any atom is -0.390 e. The van der Waals surface area contributed by atoms with Gasteiger partial charge in [-0.05, 0) is 137 Å². The summed E-state index contributed by atoms with van der Waals surface area (Å²) in [6.07, 6.45) is 19.2. The average molecular weight is 681 g/mol. The summed E-state index contributed by atoms with van der Waals surface area (Å²) in [5.74, 6) is 9.04. The summed E-state index contributed by atoms with van der Waals surface area (Å²) in [5, 5.41) is 26.2. The van der Waals surface area contributed by atoms with E-state index in [9.17, 15) is 19.8 Å². The number of aliphatic hydroxyl groups excluding tert-OH is 2. The van der Waals surface area contributed by atoms with Crippen LogP contribution in [-0.4, -0.2) is 59.9 Å². The van der Waals surface area contributed by atoms with Gasteiger partial charge in [0.15, 0.2) is 17.7 Å². The minimum atomic E-state index is -1.57. The fourth-order valence-electron chi connectivity index (χ4n) is 12.3. The van der Waals surface area contributed by atoms with Crippen LogP contribution < -0.4 is 11.1 Å². The van der Waals surface area contributed by atoms with Crippen LogP contribution in [0.5, 0.6) is 0 Å². The molecule has 12 atom stereocenters. The Bertz CT molecular complexity index is 1170. The van der Waals surface area contributed by atoms with E-state index in [2.05, 4.69) is 24.1 Å². The molecule has 49 heavy (non-hydrogen) atoms. The zero-order chi connectivity index (χ0) is 34.5. The third kappa shape index (κ3) is 8.68. The van der Waals surface area contributed by atoms with Crippen molar-refractivity contribution < 1.29 is 24.5 Å². The van der Waals surface area contributed by atoms with Crippen LogP contribution in [0.25, 0.3) is 0 Å². The van der Waals surface area contributed by atoms with Gasteiger partial charge in [0.05, 0.1) is 18.4 Å². The Morgan fingerprint density at radius 3 is 2.37 bits per heavy atom. The van der Waals surface area contributed by atoms with Gasteiger partial charge in [0.1, 0.15) is 0 Å². The van der Waals surface area contributed by atoms with E-state index in [0.29, 0.717) is 42.9 Å². The third-order valence-electron chi connectivity index (χ3n) is 14.8. The lowest BCUT2D eigenvalue weighted by Crippen LogP contribution is -2.45. The molecule has 7 unspecified atom stereocenters. The van der Waals surface area contributed by atoms with Crippen LogP contribution in [0.3, 0.4) is 0 Å². The number of piperidine rings is 1. The number of ketones is 2. The number of hydrogen-bond donors (Lipinski definition) is 4. The van der Waals surface area contributed by atoms with Gasteiger partial charge in [-0.3, -0.25) is 9.59 Å². The highest BCUT2D eigenvalue weighted by atomic mass is 16.5. The molecule has 1 saturated heterocycles. The van der Waals surface area contributed by atoms with Crippen molar-refractivity contribution >= 4 is 11.6 Å². The van der Waals surface area contributed by atoms with Crippen LogP contribution in [-0.2, 0) is 14.3 Å². The molecule has 5 N–H and O–H groups in total. The molecule has 6 rings (SSSR count). The number of carbonyl (C=O) groups excluding carboxylic acids is 2. The molecule has 7 heteroatoms. The van der Waals surface area contributed by atoms with Crippen LogP contribution in [0.1, 0.15) is 142 Å². The lowest BCUT2D eigenvalue weighted by molar-refractivity contribution is -0.142. The maximum Gasteiger partial charge on any atom is 0.173 e. The quantitative estimate of drug-likeness (QED) is 0.177.